The monoisotopic (exact) mass is 241 g/mol. The van der Waals surface area contributed by atoms with Crippen LogP contribution in [0.4, 0.5) is 5.69 Å². The number of benzene rings is 1. The Morgan fingerprint density at radius 3 is 2.00 bits per heavy atom. The minimum atomic E-state index is -4.67. The average Bonchev–Trinajstić information content (AvgIpc) is 1.97. The summed E-state index contributed by atoms with van der Waals surface area (Å²) in [7, 11) is -4.67. The average molecular weight is 242 g/mol. The summed E-state index contributed by atoms with van der Waals surface area (Å²) in [5, 5.41) is 9.27. The molecule has 6 nitrogen and oxygen atoms in total. The lowest BCUT2D eigenvalue weighted by molar-refractivity contribution is 0.381. The molecule has 0 unspecified atom stereocenters. The van der Waals surface area contributed by atoms with Crippen LogP contribution in [0.1, 0.15) is 0 Å². The normalized spacial score (nSPS) is 10.2. The lowest BCUT2D eigenvalue weighted by Crippen LogP contribution is -1.89. The van der Waals surface area contributed by atoms with Crippen LogP contribution in [0.5, 0.6) is 5.75 Å². The summed E-state index contributed by atoms with van der Waals surface area (Å²) in [4.78, 5) is 0. The van der Waals surface area contributed by atoms with E-state index in [2.05, 4.69) is 0 Å². The number of rotatable bonds is 0. The molecule has 0 aliphatic carbocycles. The van der Waals surface area contributed by atoms with Crippen molar-refractivity contribution in [3.8, 4) is 5.75 Å². The summed E-state index contributed by atoms with van der Waals surface area (Å²) in [5.41, 5.74) is 5.54. The number of anilines is 1. The number of phenolic OH excluding ortho intramolecular Hbond substituents is 1. The van der Waals surface area contributed by atoms with Crippen molar-refractivity contribution < 1.29 is 22.6 Å². The van der Waals surface area contributed by atoms with Gasteiger partial charge >= 0.3 is 10.4 Å². The number of aromatic hydroxyl groups is 1. The summed E-state index contributed by atoms with van der Waals surface area (Å²) < 4.78 is 31.6. The van der Waals surface area contributed by atoms with Gasteiger partial charge in [0.15, 0.2) is 0 Å². The molecule has 1 aromatic carbocycles. The van der Waals surface area contributed by atoms with E-state index in [1.54, 1.807) is 12.1 Å². The number of halogens is 1. The third-order valence-corrected chi connectivity index (χ3v) is 1.36. The fourth-order valence-corrected chi connectivity index (χ4v) is 0.695. The van der Waals surface area contributed by atoms with Crippen LogP contribution < -0.4 is 5.73 Å². The zero-order valence-corrected chi connectivity index (χ0v) is 8.33. The molecule has 0 bridgehead atoms. The largest absolute Gasteiger partial charge is 0.506 e. The van der Waals surface area contributed by atoms with E-state index in [0.29, 0.717) is 5.02 Å². The van der Waals surface area contributed by atoms with E-state index in [4.69, 9.17) is 40.0 Å². The summed E-state index contributed by atoms with van der Waals surface area (Å²) in [6, 6.07) is 4.74. The Morgan fingerprint density at radius 1 is 1.29 bits per heavy atom. The van der Waals surface area contributed by atoms with Gasteiger partial charge in [-0.15, -0.1) is 0 Å². The molecule has 0 amide bonds. The van der Waals surface area contributed by atoms with Crippen LogP contribution in [0, 0.1) is 0 Å². The van der Waals surface area contributed by atoms with Crippen molar-refractivity contribution in [2.45, 2.75) is 0 Å². The van der Waals surface area contributed by atoms with E-state index >= 15 is 0 Å². The van der Waals surface area contributed by atoms with Gasteiger partial charge in [-0.3, -0.25) is 9.11 Å². The highest BCUT2D eigenvalue weighted by Crippen LogP contribution is 2.26. The highest BCUT2D eigenvalue weighted by molar-refractivity contribution is 7.79. The molecule has 0 atom stereocenters. The summed E-state index contributed by atoms with van der Waals surface area (Å²) in [6.07, 6.45) is 0. The van der Waals surface area contributed by atoms with Crippen LogP contribution in [-0.2, 0) is 10.4 Å². The SMILES string of the molecule is Nc1c(O)cccc1Cl.O=S(=O)(O)O. The van der Waals surface area contributed by atoms with Crippen molar-refractivity contribution in [2.24, 2.45) is 0 Å². The Hall–Kier alpha value is -1.02. The number of phenols is 1. The molecule has 0 saturated heterocycles. The van der Waals surface area contributed by atoms with Crippen molar-refractivity contribution in [3.63, 3.8) is 0 Å². The van der Waals surface area contributed by atoms with Crippen molar-refractivity contribution in [3.05, 3.63) is 23.2 Å². The van der Waals surface area contributed by atoms with Gasteiger partial charge in [0.05, 0.1) is 10.7 Å². The molecule has 0 aliphatic heterocycles. The Kier molecular flexibility index (Phi) is 4.64. The quantitative estimate of drug-likeness (QED) is 0.305. The van der Waals surface area contributed by atoms with Gasteiger partial charge in [-0.1, -0.05) is 17.7 Å². The Bertz CT molecular complexity index is 376. The second-order valence-electron chi connectivity index (χ2n) is 2.12. The number of hydrogen-bond donors (Lipinski definition) is 4. The first-order valence-electron chi connectivity index (χ1n) is 3.14. The van der Waals surface area contributed by atoms with E-state index in [-0.39, 0.29) is 11.4 Å². The fourth-order valence-electron chi connectivity index (χ4n) is 0.526. The van der Waals surface area contributed by atoms with Crippen molar-refractivity contribution in [1.29, 1.82) is 0 Å². The second-order valence-corrected chi connectivity index (χ2v) is 3.42. The maximum Gasteiger partial charge on any atom is 0.394 e. The minimum Gasteiger partial charge on any atom is -0.506 e. The van der Waals surface area contributed by atoms with Crippen LogP contribution >= 0.6 is 11.6 Å². The molecular formula is C6H8ClNO5S. The minimum absolute atomic E-state index is 0.0301. The van der Waals surface area contributed by atoms with Gasteiger partial charge in [-0.2, -0.15) is 8.42 Å². The predicted molar refractivity (Wildman–Crippen MR) is 51.7 cm³/mol. The van der Waals surface area contributed by atoms with Gasteiger partial charge in [0.1, 0.15) is 5.75 Å². The molecule has 5 N–H and O–H groups in total. The highest BCUT2D eigenvalue weighted by atomic mass is 35.5. The standard InChI is InChI=1S/C6H6ClNO.H2O4S/c7-4-2-1-3-5(9)6(4)8;1-5(2,3)4/h1-3,9H,8H2;(H2,1,2,3,4). The summed E-state index contributed by atoms with van der Waals surface area (Å²) in [6.45, 7) is 0. The molecule has 1 rings (SSSR count). The molecule has 80 valence electrons. The molecule has 14 heavy (non-hydrogen) atoms. The van der Waals surface area contributed by atoms with Gasteiger partial charge in [0.25, 0.3) is 0 Å². The lowest BCUT2D eigenvalue weighted by atomic mass is 10.3. The van der Waals surface area contributed by atoms with Gasteiger partial charge < -0.3 is 10.8 Å². The van der Waals surface area contributed by atoms with E-state index in [1.165, 1.54) is 6.07 Å². The number of nitrogens with two attached hydrogens (primary N) is 1. The molecular weight excluding hydrogens is 234 g/mol. The molecule has 0 saturated carbocycles. The molecule has 1 aromatic rings. The number of para-hydroxylation sites is 1. The van der Waals surface area contributed by atoms with Crippen LogP contribution in [0.15, 0.2) is 18.2 Å². The predicted octanol–water partition coefficient (Wildman–Crippen LogP) is 0.975. The molecule has 0 aliphatic rings. The topological polar surface area (TPSA) is 121 Å². The maximum atomic E-state index is 8.89. The molecule has 0 heterocycles. The molecule has 0 spiro atoms. The zero-order valence-electron chi connectivity index (χ0n) is 6.75. The van der Waals surface area contributed by atoms with E-state index in [9.17, 15) is 0 Å². The maximum absolute atomic E-state index is 8.89. The third-order valence-electron chi connectivity index (χ3n) is 1.03. The van der Waals surface area contributed by atoms with Crippen molar-refractivity contribution in [2.75, 3.05) is 5.73 Å². The van der Waals surface area contributed by atoms with E-state index in [0.717, 1.165) is 0 Å². The summed E-state index contributed by atoms with van der Waals surface area (Å²) >= 11 is 5.53. The Labute approximate surface area is 85.5 Å². The van der Waals surface area contributed by atoms with E-state index < -0.39 is 10.4 Å². The number of hydrogen-bond acceptors (Lipinski definition) is 4. The van der Waals surface area contributed by atoms with E-state index in [1.807, 2.05) is 0 Å². The van der Waals surface area contributed by atoms with Crippen LogP contribution in [0.2, 0.25) is 5.02 Å². The van der Waals surface area contributed by atoms with Gasteiger partial charge in [0, 0.05) is 0 Å². The Morgan fingerprint density at radius 2 is 1.71 bits per heavy atom. The second kappa shape index (κ2) is 5.01. The van der Waals surface area contributed by atoms with Gasteiger partial charge in [-0.05, 0) is 12.1 Å². The lowest BCUT2D eigenvalue weighted by Gasteiger charge is -1.97. The highest BCUT2D eigenvalue weighted by Gasteiger charge is 1.97. The van der Waals surface area contributed by atoms with Gasteiger partial charge in [0.2, 0.25) is 0 Å². The Balaban J connectivity index is 0.000000292. The first-order chi connectivity index (χ1) is 6.22. The molecule has 0 radical (unpaired) electrons. The van der Waals surface area contributed by atoms with Crippen LogP contribution in [0.25, 0.3) is 0 Å². The number of nitrogen functional groups attached to an aromatic ring is 1. The molecule has 8 heteroatoms. The van der Waals surface area contributed by atoms with Gasteiger partial charge in [-0.25, -0.2) is 0 Å². The van der Waals surface area contributed by atoms with Crippen LogP contribution in [0.3, 0.4) is 0 Å². The van der Waals surface area contributed by atoms with Crippen molar-refractivity contribution >= 4 is 27.7 Å². The first-order valence-corrected chi connectivity index (χ1v) is 4.92. The third kappa shape index (κ3) is 6.49. The summed E-state index contributed by atoms with van der Waals surface area (Å²) in [5.74, 6) is 0.0301. The fraction of sp³-hybridized carbons (Fsp3) is 0. The van der Waals surface area contributed by atoms with Crippen LogP contribution in [-0.4, -0.2) is 22.6 Å². The molecule has 0 aromatic heterocycles. The first kappa shape index (κ1) is 13.0. The zero-order chi connectivity index (χ0) is 11.4. The smallest absolute Gasteiger partial charge is 0.394 e. The molecule has 0 fully saturated rings. The van der Waals surface area contributed by atoms with Crippen molar-refractivity contribution in [1.82, 2.24) is 0 Å².